The van der Waals surface area contributed by atoms with Crippen molar-refractivity contribution in [3.63, 3.8) is 0 Å². The van der Waals surface area contributed by atoms with Crippen LogP contribution in [0.1, 0.15) is 31.4 Å². The van der Waals surface area contributed by atoms with Crippen molar-refractivity contribution in [1.82, 2.24) is 5.32 Å². The minimum atomic E-state index is -0.165. The first kappa shape index (κ1) is 17.1. The van der Waals surface area contributed by atoms with Crippen LogP contribution < -0.4 is 10.1 Å². The van der Waals surface area contributed by atoms with Crippen molar-refractivity contribution < 1.29 is 9.53 Å². The van der Waals surface area contributed by atoms with Crippen LogP contribution in [0.3, 0.4) is 0 Å². The summed E-state index contributed by atoms with van der Waals surface area (Å²) in [7, 11) is 1.66. The van der Waals surface area contributed by atoms with E-state index in [9.17, 15) is 4.79 Å². The smallest absolute Gasteiger partial charge is 0.220 e. The summed E-state index contributed by atoms with van der Waals surface area (Å²) in [6.07, 6.45) is 1.28. The summed E-state index contributed by atoms with van der Waals surface area (Å²) in [5.74, 6) is 0.931. The maximum Gasteiger partial charge on any atom is 0.220 e. The van der Waals surface area contributed by atoms with Crippen LogP contribution in [0.5, 0.6) is 5.75 Å². The van der Waals surface area contributed by atoms with Gasteiger partial charge in [0.1, 0.15) is 5.75 Å². The Morgan fingerprint density at radius 3 is 2.52 bits per heavy atom. The molecule has 0 spiro atoms. The van der Waals surface area contributed by atoms with Gasteiger partial charge in [0.2, 0.25) is 5.91 Å². The molecule has 0 heterocycles. The van der Waals surface area contributed by atoms with Gasteiger partial charge < -0.3 is 10.1 Å². The van der Waals surface area contributed by atoms with Gasteiger partial charge in [0, 0.05) is 13.0 Å². The molecule has 0 aliphatic carbocycles. The monoisotopic (exact) mass is 311 g/mol. The fourth-order valence-corrected chi connectivity index (χ4v) is 2.63. The second-order valence-electron chi connectivity index (χ2n) is 6.38. The Morgan fingerprint density at radius 1 is 1.09 bits per heavy atom. The summed E-state index contributed by atoms with van der Waals surface area (Å²) in [5.41, 5.74) is 2.18. The van der Waals surface area contributed by atoms with E-state index < -0.39 is 0 Å². The number of benzene rings is 2. The number of rotatable bonds is 7. The Balaban J connectivity index is 1.83. The SMILES string of the molecule is COc1cccc(CCNC(=O)CC(C)(C)c2ccccc2)c1. The predicted octanol–water partition coefficient (Wildman–Crippen LogP) is 3.72. The number of carbonyl (C=O) groups is 1. The Bertz CT molecular complexity index is 635. The van der Waals surface area contributed by atoms with Crippen molar-refractivity contribution in [3.8, 4) is 5.75 Å². The van der Waals surface area contributed by atoms with Gasteiger partial charge >= 0.3 is 0 Å². The van der Waals surface area contributed by atoms with Gasteiger partial charge in [-0.15, -0.1) is 0 Å². The molecule has 0 aliphatic rings. The largest absolute Gasteiger partial charge is 0.497 e. The molecule has 3 heteroatoms. The Morgan fingerprint density at radius 2 is 1.83 bits per heavy atom. The zero-order valence-electron chi connectivity index (χ0n) is 14.1. The molecule has 0 aliphatic heterocycles. The highest BCUT2D eigenvalue weighted by atomic mass is 16.5. The minimum absolute atomic E-state index is 0.0850. The summed E-state index contributed by atoms with van der Waals surface area (Å²) >= 11 is 0. The third kappa shape index (κ3) is 5.13. The Labute approximate surface area is 138 Å². The van der Waals surface area contributed by atoms with Gasteiger partial charge in [0.05, 0.1) is 7.11 Å². The van der Waals surface area contributed by atoms with E-state index in [4.69, 9.17) is 4.74 Å². The Hall–Kier alpha value is -2.29. The van der Waals surface area contributed by atoms with Gasteiger partial charge in [-0.3, -0.25) is 4.79 Å². The summed E-state index contributed by atoms with van der Waals surface area (Å²) in [5, 5.41) is 3.01. The molecule has 2 rings (SSSR count). The van der Waals surface area contributed by atoms with Gasteiger partial charge in [-0.1, -0.05) is 56.3 Å². The normalized spacial score (nSPS) is 11.1. The molecule has 0 unspecified atom stereocenters. The number of carbonyl (C=O) groups excluding carboxylic acids is 1. The maximum atomic E-state index is 12.2. The molecule has 0 radical (unpaired) electrons. The molecule has 0 fully saturated rings. The van der Waals surface area contributed by atoms with Gasteiger partial charge in [-0.05, 0) is 35.1 Å². The molecule has 0 atom stereocenters. The first-order chi connectivity index (χ1) is 11.0. The maximum absolute atomic E-state index is 12.2. The fourth-order valence-electron chi connectivity index (χ4n) is 2.63. The standard InChI is InChI=1S/C20H25NO2/c1-20(2,17-9-5-4-6-10-17)15-19(22)21-13-12-16-8-7-11-18(14-16)23-3/h4-11,14H,12-13,15H2,1-3H3,(H,21,22). The van der Waals surface area contributed by atoms with Gasteiger partial charge in [-0.25, -0.2) is 0 Å². The van der Waals surface area contributed by atoms with E-state index >= 15 is 0 Å². The molecule has 3 nitrogen and oxygen atoms in total. The molecule has 0 aromatic heterocycles. The van der Waals surface area contributed by atoms with Crippen LogP contribution in [0.15, 0.2) is 54.6 Å². The van der Waals surface area contributed by atoms with Crippen LogP contribution >= 0.6 is 0 Å². The van der Waals surface area contributed by atoms with E-state index in [-0.39, 0.29) is 11.3 Å². The molecule has 1 amide bonds. The third-order valence-corrected chi connectivity index (χ3v) is 4.03. The highest BCUT2D eigenvalue weighted by Crippen LogP contribution is 2.26. The molecule has 0 saturated carbocycles. The van der Waals surface area contributed by atoms with Crippen molar-refractivity contribution >= 4 is 5.91 Å². The number of amides is 1. The predicted molar refractivity (Wildman–Crippen MR) is 93.8 cm³/mol. The van der Waals surface area contributed by atoms with Crippen LogP contribution in [0, 0.1) is 0 Å². The third-order valence-electron chi connectivity index (χ3n) is 4.03. The second kappa shape index (κ2) is 7.82. The zero-order valence-corrected chi connectivity index (χ0v) is 14.1. The van der Waals surface area contributed by atoms with E-state index in [0.29, 0.717) is 13.0 Å². The van der Waals surface area contributed by atoms with Crippen LogP contribution in [0.2, 0.25) is 0 Å². The van der Waals surface area contributed by atoms with E-state index in [1.54, 1.807) is 7.11 Å². The number of ether oxygens (including phenoxy) is 1. The molecule has 0 bridgehead atoms. The lowest BCUT2D eigenvalue weighted by Crippen LogP contribution is -2.32. The lowest BCUT2D eigenvalue weighted by Gasteiger charge is -2.24. The number of methoxy groups -OCH3 is 1. The molecule has 2 aromatic rings. The number of hydrogen-bond acceptors (Lipinski definition) is 2. The van der Waals surface area contributed by atoms with E-state index in [2.05, 4.69) is 31.3 Å². The summed E-state index contributed by atoms with van der Waals surface area (Å²) < 4.78 is 5.21. The molecular weight excluding hydrogens is 286 g/mol. The summed E-state index contributed by atoms with van der Waals surface area (Å²) in [6, 6.07) is 18.1. The van der Waals surface area contributed by atoms with Gasteiger partial charge in [-0.2, -0.15) is 0 Å². The highest BCUT2D eigenvalue weighted by Gasteiger charge is 2.23. The van der Waals surface area contributed by atoms with Crippen LogP contribution in [-0.4, -0.2) is 19.6 Å². The van der Waals surface area contributed by atoms with Crippen molar-refractivity contribution in [2.75, 3.05) is 13.7 Å². The molecule has 122 valence electrons. The average Bonchev–Trinajstić information content (AvgIpc) is 2.55. The number of nitrogens with one attached hydrogen (secondary N) is 1. The van der Waals surface area contributed by atoms with E-state index in [1.807, 2.05) is 42.5 Å². The van der Waals surface area contributed by atoms with Crippen LogP contribution in [0.4, 0.5) is 0 Å². The topological polar surface area (TPSA) is 38.3 Å². The second-order valence-corrected chi connectivity index (χ2v) is 6.38. The highest BCUT2D eigenvalue weighted by molar-refractivity contribution is 5.77. The van der Waals surface area contributed by atoms with E-state index in [0.717, 1.165) is 17.7 Å². The minimum Gasteiger partial charge on any atom is -0.497 e. The molecule has 0 saturated heterocycles. The number of hydrogen-bond donors (Lipinski definition) is 1. The zero-order chi connectivity index (χ0) is 16.7. The van der Waals surface area contributed by atoms with Crippen LogP contribution in [-0.2, 0) is 16.6 Å². The van der Waals surface area contributed by atoms with Crippen molar-refractivity contribution in [3.05, 3.63) is 65.7 Å². The lowest BCUT2D eigenvalue weighted by molar-refractivity contribution is -0.122. The molecule has 23 heavy (non-hydrogen) atoms. The molecule has 2 aromatic carbocycles. The lowest BCUT2D eigenvalue weighted by atomic mass is 9.81. The Kier molecular flexibility index (Phi) is 5.80. The quantitative estimate of drug-likeness (QED) is 0.846. The first-order valence-electron chi connectivity index (χ1n) is 7.96. The van der Waals surface area contributed by atoms with E-state index in [1.165, 1.54) is 5.56 Å². The first-order valence-corrected chi connectivity index (χ1v) is 7.96. The summed E-state index contributed by atoms with van der Waals surface area (Å²) in [4.78, 5) is 12.2. The average molecular weight is 311 g/mol. The summed E-state index contributed by atoms with van der Waals surface area (Å²) in [6.45, 7) is 4.84. The fraction of sp³-hybridized carbons (Fsp3) is 0.350. The molecule has 1 N–H and O–H groups in total. The van der Waals surface area contributed by atoms with Gasteiger partial charge in [0.25, 0.3) is 0 Å². The molecular formula is C20H25NO2. The van der Waals surface area contributed by atoms with Gasteiger partial charge in [0.15, 0.2) is 0 Å². The van der Waals surface area contributed by atoms with Crippen molar-refractivity contribution in [1.29, 1.82) is 0 Å². The van der Waals surface area contributed by atoms with Crippen molar-refractivity contribution in [2.24, 2.45) is 0 Å². The van der Waals surface area contributed by atoms with Crippen molar-refractivity contribution in [2.45, 2.75) is 32.1 Å². The van der Waals surface area contributed by atoms with Crippen LogP contribution in [0.25, 0.3) is 0 Å².